The van der Waals surface area contributed by atoms with E-state index in [1.807, 2.05) is 12.1 Å². The van der Waals surface area contributed by atoms with Gasteiger partial charge in [-0.3, -0.25) is 14.5 Å². The Hall–Kier alpha value is -2.87. The highest BCUT2D eigenvalue weighted by Gasteiger charge is 2.36. The second-order valence-corrected chi connectivity index (χ2v) is 9.13. The standard InChI is InChI=1S/C21H23N3O4S/c1-14-12-18(14)19-9-7-16(28-19)8-10-21(25)23-15-4-2-5-17(13-15)29(26,27)24-20-6-3-11-22-20/h2,4-5,7-10,13-14,18H,3,6,11-12H2,1H3,(H,22,24)(H,23,25). The highest BCUT2D eigenvalue weighted by atomic mass is 32.2. The molecule has 0 saturated heterocycles. The number of aliphatic imine (C=N–C) groups is 1. The number of amides is 1. The zero-order valence-electron chi connectivity index (χ0n) is 16.1. The number of anilines is 1. The van der Waals surface area contributed by atoms with Crippen LogP contribution in [0.3, 0.4) is 0 Å². The smallest absolute Gasteiger partial charge is 0.262 e. The van der Waals surface area contributed by atoms with Crippen molar-refractivity contribution in [2.75, 3.05) is 11.9 Å². The molecule has 1 aromatic carbocycles. The summed E-state index contributed by atoms with van der Waals surface area (Å²) in [6, 6.07) is 9.91. The molecule has 0 bridgehead atoms. The molecule has 0 radical (unpaired) electrons. The Bertz CT molecular complexity index is 1080. The lowest BCUT2D eigenvalue weighted by Gasteiger charge is -2.09. The lowest BCUT2D eigenvalue weighted by atomic mass is 10.3. The highest BCUT2D eigenvalue weighted by Crippen LogP contribution is 2.47. The number of benzene rings is 1. The predicted octanol–water partition coefficient (Wildman–Crippen LogP) is 3.53. The Morgan fingerprint density at radius 2 is 2.10 bits per heavy atom. The molecule has 1 fully saturated rings. The molecule has 1 aliphatic carbocycles. The van der Waals surface area contributed by atoms with E-state index in [1.165, 1.54) is 18.2 Å². The summed E-state index contributed by atoms with van der Waals surface area (Å²) in [5.41, 5.74) is 0.392. The van der Waals surface area contributed by atoms with Crippen molar-refractivity contribution in [1.82, 2.24) is 4.72 Å². The molecule has 2 heterocycles. The fraction of sp³-hybridized carbons (Fsp3) is 0.333. The number of nitrogens with zero attached hydrogens (tertiary/aromatic N) is 1. The zero-order chi connectivity index (χ0) is 20.4. The Balaban J connectivity index is 1.39. The van der Waals surface area contributed by atoms with Crippen molar-refractivity contribution in [3.05, 3.63) is 54.0 Å². The van der Waals surface area contributed by atoms with E-state index < -0.39 is 10.0 Å². The average molecular weight is 413 g/mol. The molecular formula is C21H23N3O4S. The van der Waals surface area contributed by atoms with Crippen LogP contribution in [0.4, 0.5) is 5.69 Å². The summed E-state index contributed by atoms with van der Waals surface area (Å²) in [6.45, 7) is 2.82. The van der Waals surface area contributed by atoms with E-state index in [4.69, 9.17) is 4.42 Å². The van der Waals surface area contributed by atoms with Gasteiger partial charge in [0, 0.05) is 30.6 Å². The maximum Gasteiger partial charge on any atom is 0.262 e. The van der Waals surface area contributed by atoms with Crippen LogP contribution in [0.5, 0.6) is 0 Å². The molecule has 1 saturated carbocycles. The lowest BCUT2D eigenvalue weighted by Crippen LogP contribution is -2.29. The number of nitrogens with one attached hydrogen (secondary N) is 2. The van der Waals surface area contributed by atoms with E-state index in [0.717, 1.165) is 18.6 Å². The van der Waals surface area contributed by atoms with Gasteiger partial charge in [-0.25, -0.2) is 8.42 Å². The predicted molar refractivity (Wildman–Crippen MR) is 111 cm³/mol. The van der Waals surface area contributed by atoms with Crippen LogP contribution in [0.2, 0.25) is 0 Å². The van der Waals surface area contributed by atoms with E-state index in [9.17, 15) is 13.2 Å². The van der Waals surface area contributed by atoms with Crippen LogP contribution >= 0.6 is 0 Å². The van der Waals surface area contributed by atoms with Crippen LogP contribution < -0.4 is 10.0 Å². The van der Waals surface area contributed by atoms with Gasteiger partial charge in [0.25, 0.3) is 10.0 Å². The largest absolute Gasteiger partial charge is 0.461 e. The maximum absolute atomic E-state index is 12.5. The van der Waals surface area contributed by atoms with Gasteiger partial charge in [-0.05, 0) is 55.2 Å². The average Bonchev–Trinajstić information content (AvgIpc) is 3.08. The van der Waals surface area contributed by atoms with Crippen LogP contribution in [-0.4, -0.2) is 26.7 Å². The Morgan fingerprint density at radius 1 is 1.28 bits per heavy atom. The van der Waals surface area contributed by atoms with Crippen LogP contribution in [0.15, 0.2) is 56.8 Å². The molecule has 0 spiro atoms. The van der Waals surface area contributed by atoms with Crippen LogP contribution in [0.25, 0.3) is 6.08 Å². The maximum atomic E-state index is 12.5. The molecular weight excluding hydrogens is 390 g/mol. The number of carbonyl (C=O) groups is 1. The van der Waals surface area contributed by atoms with E-state index in [2.05, 4.69) is 22.0 Å². The van der Waals surface area contributed by atoms with Gasteiger partial charge < -0.3 is 9.73 Å². The fourth-order valence-corrected chi connectivity index (χ4v) is 4.43. The zero-order valence-corrected chi connectivity index (χ0v) is 16.9. The van der Waals surface area contributed by atoms with Gasteiger partial charge in [-0.15, -0.1) is 0 Å². The summed E-state index contributed by atoms with van der Waals surface area (Å²) in [5.74, 6) is 2.81. The van der Waals surface area contributed by atoms with Crippen LogP contribution in [0, 0.1) is 5.92 Å². The minimum atomic E-state index is -3.73. The van der Waals surface area contributed by atoms with Crippen molar-refractivity contribution < 1.29 is 17.6 Å². The highest BCUT2D eigenvalue weighted by molar-refractivity contribution is 7.90. The van der Waals surface area contributed by atoms with Gasteiger partial charge in [-0.2, -0.15) is 0 Å². The first-order valence-electron chi connectivity index (χ1n) is 9.66. The monoisotopic (exact) mass is 413 g/mol. The minimum Gasteiger partial charge on any atom is -0.461 e. The molecule has 2 N–H and O–H groups in total. The van der Waals surface area contributed by atoms with E-state index in [0.29, 0.717) is 42.1 Å². The van der Waals surface area contributed by atoms with Gasteiger partial charge in [0.15, 0.2) is 0 Å². The number of rotatable bonds is 6. The molecule has 2 aliphatic rings. The van der Waals surface area contributed by atoms with Crippen molar-refractivity contribution in [2.45, 2.75) is 37.0 Å². The first kappa shape index (κ1) is 19.4. The van der Waals surface area contributed by atoms with E-state index in [-0.39, 0.29) is 10.8 Å². The van der Waals surface area contributed by atoms with Gasteiger partial charge >= 0.3 is 0 Å². The molecule has 1 aliphatic heterocycles. The van der Waals surface area contributed by atoms with Crippen molar-refractivity contribution in [3.63, 3.8) is 0 Å². The number of sulfonamides is 1. The van der Waals surface area contributed by atoms with Crippen molar-refractivity contribution in [1.29, 1.82) is 0 Å². The first-order valence-corrected chi connectivity index (χ1v) is 11.1. The van der Waals surface area contributed by atoms with Crippen LogP contribution in [0.1, 0.15) is 43.6 Å². The third-order valence-corrected chi connectivity index (χ3v) is 6.44. The summed E-state index contributed by atoms with van der Waals surface area (Å²) in [5, 5.41) is 2.68. The van der Waals surface area contributed by atoms with Crippen molar-refractivity contribution >= 4 is 33.5 Å². The van der Waals surface area contributed by atoms with Gasteiger partial charge in [-0.1, -0.05) is 13.0 Å². The van der Waals surface area contributed by atoms with Gasteiger partial charge in [0.1, 0.15) is 17.4 Å². The minimum absolute atomic E-state index is 0.0723. The second-order valence-electron chi connectivity index (χ2n) is 7.45. The molecule has 152 valence electrons. The lowest BCUT2D eigenvalue weighted by molar-refractivity contribution is -0.111. The first-order chi connectivity index (χ1) is 13.9. The summed E-state index contributed by atoms with van der Waals surface area (Å²) in [6.07, 6.45) is 5.57. The quantitative estimate of drug-likeness (QED) is 0.708. The van der Waals surface area contributed by atoms with Gasteiger partial charge in [0.05, 0.1) is 4.90 Å². The van der Waals surface area contributed by atoms with Crippen LogP contribution in [-0.2, 0) is 14.8 Å². The Kier molecular flexibility index (Phi) is 5.27. The number of hydrogen-bond donors (Lipinski definition) is 2. The molecule has 4 rings (SSSR count). The van der Waals surface area contributed by atoms with Crippen molar-refractivity contribution in [2.24, 2.45) is 10.9 Å². The number of carbonyl (C=O) groups excluding carboxylic acids is 1. The summed E-state index contributed by atoms with van der Waals surface area (Å²) >= 11 is 0. The second kappa shape index (κ2) is 7.87. The van der Waals surface area contributed by atoms with E-state index in [1.54, 1.807) is 18.2 Å². The molecule has 1 aromatic heterocycles. The van der Waals surface area contributed by atoms with E-state index >= 15 is 0 Å². The third-order valence-electron chi connectivity index (χ3n) is 5.06. The van der Waals surface area contributed by atoms with Gasteiger partial charge in [0.2, 0.25) is 5.91 Å². The Labute approximate surface area is 170 Å². The number of amidine groups is 1. The molecule has 29 heavy (non-hydrogen) atoms. The molecule has 2 unspecified atom stereocenters. The SMILES string of the molecule is CC1CC1c1ccc(C=CC(=O)Nc2cccc(S(=O)(=O)NC3=NCCC3)c2)o1. The molecule has 2 aromatic rings. The number of furan rings is 1. The van der Waals surface area contributed by atoms with Crippen molar-refractivity contribution in [3.8, 4) is 0 Å². The molecule has 2 atom stereocenters. The summed E-state index contributed by atoms with van der Waals surface area (Å²) in [4.78, 5) is 16.4. The Morgan fingerprint density at radius 3 is 2.83 bits per heavy atom. The number of hydrogen-bond acceptors (Lipinski definition) is 5. The molecule has 7 nitrogen and oxygen atoms in total. The normalized spacial score (nSPS) is 21.2. The summed E-state index contributed by atoms with van der Waals surface area (Å²) < 4.78 is 33.2. The molecule has 8 heteroatoms. The molecule has 1 amide bonds. The summed E-state index contributed by atoms with van der Waals surface area (Å²) in [7, 11) is -3.73. The topological polar surface area (TPSA) is 101 Å². The third kappa shape index (κ3) is 4.76. The fourth-order valence-electron chi connectivity index (χ4n) is 3.30.